The van der Waals surface area contributed by atoms with Gasteiger partial charge in [-0.1, -0.05) is 12.0 Å². The fourth-order valence-electron chi connectivity index (χ4n) is 2.13. The van der Waals surface area contributed by atoms with E-state index in [9.17, 15) is 8.42 Å². The highest BCUT2D eigenvalue weighted by atomic mass is 32.2. The zero-order valence-electron chi connectivity index (χ0n) is 11.9. The van der Waals surface area contributed by atoms with Crippen molar-refractivity contribution >= 4 is 15.9 Å². The van der Waals surface area contributed by atoms with Crippen LogP contribution in [0.15, 0.2) is 4.42 Å². The van der Waals surface area contributed by atoms with Gasteiger partial charge in [-0.3, -0.25) is 0 Å². The lowest BCUT2D eigenvalue weighted by Gasteiger charge is -2.21. The third kappa shape index (κ3) is 4.17. The maximum absolute atomic E-state index is 11.4. The Kier molecular flexibility index (Phi) is 4.98. The van der Waals surface area contributed by atoms with E-state index in [1.165, 1.54) is 0 Å². The fraction of sp³-hybridized carbons (Fsp3) is 0.833. The van der Waals surface area contributed by atoms with E-state index in [0.29, 0.717) is 24.7 Å². The first-order chi connectivity index (χ1) is 9.50. The Labute approximate surface area is 119 Å². The maximum Gasteiger partial charge on any atom is 0.315 e. The summed E-state index contributed by atoms with van der Waals surface area (Å²) in [5, 5.41) is 14.4. The molecule has 114 valence electrons. The van der Waals surface area contributed by atoms with Crippen molar-refractivity contribution in [3.05, 3.63) is 5.89 Å². The van der Waals surface area contributed by atoms with Gasteiger partial charge >= 0.3 is 6.01 Å². The number of anilines is 1. The molecule has 0 radical (unpaired) electrons. The molecular weight excluding hydrogens is 280 g/mol. The zero-order chi connectivity index (χ0) is 14.6. The van der Waals surface area contributed by atoms with E-state index in [2.05, 4.69) is 27.8 Å². The number of sulfone groups is 1. The molecule has 1 saturated heterocycles. The van der Waals surface area contributed by atoms with Gasteiger partial charge in [0.15, 0.2) is 0 Å². The summed E-state index contributed by atoms with van der Waals surface area (Å²) in [6, 6.07) is 0.477. The Hall–Kier alpha value is -1.15. The molecule has 2 rings (SSSR count). The molecule has 1 aliphatic rings. The lowest BCUT2D eigenvalue weighted by molar-refractivity contribution is 0.419. The van der Waals surface area contributed by atoms with Gasteiger partial charge in [0, 0.05) is 6.04 Å². The molecule has 0 aliphatic carbocycles. The third-order valence-electron chi connectivity index (χ3n) is 3.39. The van der Waals surface area contributed by atoms with Crippen molar-refractivity contribution in [3.63, 3.8) is 0 Å². The summed E-state index contributed by atoms with van der Waals surface area (Å²) in [5.41, 5.74) is 0. The highest BCUT2D eigenvalue weighted by molar-refractivity contribution is 7.91. The number of hydrogen-bond donors (Lipinski definition) is 2. The molecule has 1 unspecified atom stereocenters. The van der Waals surface area contributed by atoms with Gasteiger partial charge in [-0.25, -0.2) is 8.42 Å². The van der Waals surface area contributed by atoms with E-state index >= 15 is 0 Å². The third-order valence-corrected chi connectivity index (χ3v) is 5.11. The van der Waals surface area contributed by atoms with Crippen molar-refractivity contribution in [2.75, 3.05) is 23.4 Å². The monoisotopic (exact) mass is 302 g/mol. The minimum atomic E-state index is -2.84. The SMILES string of the molecule is CCCNC(C)c1nnc(NC2CCS(=O)(=O)CC2)o1. The van der Waals surface area contributed by atoms with Gasteiger partial charge in [0.25, 0.3) is 0 Å². The number of nitrogens with zero attached hydrogens (tertiary/aromatic N) is 2. The van der Waals surface area contributed by atoms with Gasteiger partial charge in [0.2, 0.25) is 5.89 Å². The largest absolute Gasteiger partial charge is 0.406 e. The molecule has 0 amide bonds. The molecule has 0 bridgehead atoms. The summed E-state index contributed by atoms with van der Waals surface area (Å²) in [4.78, 5) is 0. The average molecular weight is 302 g/mol. The Morgan fingerprint density at radius 3 is 2.70 bits per heavy atom. The first-order valence-electron chi connectivity index (χ1n) is 7.04. The average Bonchev–Trinajstić information content (AvgIpc) is 2.87. The second kappa shape index (κ2) is 6.53. The normalized spacial score (nSPS) is 20.7. The van der Waals surface area contributed by atoms with Gasteiger partial charge in [-0.05, 0) is 32.7 Å². The number of nitrogens with one attached hydrogen (secondary N) is 2. The van der Waals surface area contributed by atoms with Crippen molar-refractivity contribution in [3.8, 4) is 0 Å². The molecule has 1 aromatic heterocycles. The molecular formula is C12H22N4O3S. The summed E-state index contributed by atoms with van der Waals surface area (Å²) in [5.74, 6) is 0.990. The van der Waals surface area contributed by atoms with Crippen molar-refractivity contribution in [1.82, 2.24) is 15.5 Å². The molecule has 20 heavy (non-hydrogen) atoms. The van der Waals surface area contributed by atoms with Crippen LogP contribution in [0.5, 0.6) is 0 Å². The van der Waals surface area contributed by atoms with Crippen LogP contribution in [-0.4, -0.2) is 42.7 Å². The Bertz CT molecular complexity index is 515. The van der Waals surface area contributed by atoms with Gasteiger partial charge in [-0.15, -0.1) is 5.10 Å². The van der Waals surface area contributed by atoms with Crippen LogP contribution in [0.4, 0.5) is 6.01 Å². The molecule has 2 N–H and O–H groups in total. The summed E-state index contributed by atoms with van der Waals surface area (Å²) in [6.45, 7) is 4.96. The topological polar surface area (TPSA) is 97.1 Å². The van der Waals surface area contributed by atoms with E-state index in [-0.39, 0.29) is 23.6 Å². The number of rotatable bonds is 6. The minimum Gasteiger partial charge on any atom is -0.406 e. The molecule has 2 heterocycles. The fourth-order valence-corrected chi connectivity index (χ4v) is 3.62. The Morgan fingerprint density at radius 1 is 1.35 bits per heavy atom. The first kappa shape index (κ1) is 15.2. The van der Waals surface area contributed by atoms with Crippen LogP contribution in [0.1, 0.15) is 45.0 Å². The standard InChI is InChI=1S/C12H22N4O3S/c1-3-6-13-9(2)11-15-16-12(19-11)14-10-4-7-20(17,18)8-5-10/h9-10,13H,3-8H2,1-2H3,(H,14,16). The van der Waals surface area contributed by atoms with Gasteiger partial charge in [0.1, 0.15) is 9.84 Å². The van der Waals surface area contributed by atoms with E-state index < -0.39 is 9.84 Å². The van der Waals surface area contributed by atoms with Crippen molar-refractivity contribution in [2.24, 2.45) is 0 Å². The summed E-state index contributed by atoms with van der Waals surface area (Å²) in [7, 11) is -2.84. The molecule has 0 saturated carbocycles. The minimum absolute atomic E-state index is 0.0183. The Balaban J connectivity index is 1.87. The second-order valence-corrected chi connectivity index (χ2v) is 7.50. The molecule has 1 aromatic rings. The van der Waals surface area contributed by atoms with Gasteiger partial charge < -0.3 is 15.1 Å². The van der Waals surface area contributed by atoms with Crippen LogP contribution in [0, 0.1) is 0 Å². The summed E-state index contributed by atoms with van der Waals surface area (Å²) >= 11 is 0. The molecule has 1 atom stereocenters. The highest BCUT2D eigenvalue weighted by Gasteiger charge is 2.25. The van der Waals surface area contributed by atoms with Crippen LogP contribution in [0.25, 0.3) is 0 Å². The quantitative estimate of drug-likeness (QED) is 0.812. The van der Waals surface area contributed by atoms with E-state index in [1.54, 1.807) is 0 Å². The van der Waals surface area contributed by atoms with Crippen LogP contribution >= 0.6 is 0 Å². The van der Waals surface area contributed by atoms with Crippen molar-refractivity contribution in [1.29, 1.82) is 0 Å². The first-order valence-corrected chi connectivity index (χ1v) is 8.86. The lowest BCUT2D eigenvalue weighted by atomic mass is 10.2. The number of aromatic nitrogens is 2. The predicted octanol–water partition coefficient (Wildman–Crippen LogP) is 1.12. The highest BCUT2D eigenvalue weighted by Crippen LogP contribution is 2.19. The molecule has 0 spiro atoms. The molecule has 7 nitrogen and oxygen atoms in total. The van der Waals surface area contributed by atoms with Gasteiger partial charge in [-0.2, -0.15) is 0 Å². The van der Waals surface area contributed by atoms with E-state index in [4.69, 9.17) is 4.42 Å². The maximum atomic E-state index is 11.4. The van der Waals surface area contributed by atoms with Crippen LogP contribution in [-0.2, 0) is 9.84 Å². The van der Waals surface area contributed by atoms with Crippen molar-refractivity contribution < 1.29 is 12.8 Å². The summed E-state index contributed by atoms with van der Waals surface area (Å²) in [6.07, 6.45) is 2.22. The Morgan fingerprint density at radius 2 is 2.05 bits per heavy atom. The predicted molar refractivity (Wildman–Crippen MR) is 76.3 cm³/mol. The van der Waals surface area contributed by atoms with Crippen LogP contribution in [0.3, 0.4) is 0 Å². The molecule has 8 heteroatoms. The van der Waals surface area contributed by atoms with E-state index in [0.717, 1.165) is 13.0 Å². The van der Waals surface area contributed by atoms with E-state index in [1.807, 2.05) is 6.92 Å². The molecule has 1 aliphatic heterocycles. The molecule has 0 aromatic carbocycles. The summed E-state index contributed by atoms with van der Waals surface area (Å²) < 4.78 is 28.3. The number of hydrogen-bond acceptors (Lipinski definition) is 7. The van der Waals surface area contributed by atoms with Crippen molar-refractivity contribution in [2.45, 2.75) is 45.2 Å². The second-order valence-electron chi connectivity index (χ2n) is 5.19. The van der Waals surface area contributed by atoms with Gasteiger partial charge in [0.05, 0.1) is 17.5 Å². The lowest BCUT2D eigenvalue weighted by Crippen LogP contribution is -2.32. The smallest absolute Gasteiger partial charge is 0.315 e. The van der Waals surface area contributed by atoms with Crippen LogP contribution in [0.2, 0.25) is 0 Å². The zero-order valence-corrected chi connectivity index (χ0v) is 12.7. The molecule has 1 fully saturated rings. The van der Waals surface area contributed by atoms with Crippen LogP contribution < -0.4 is 10.6 Å².